The van der Waals surface area contributed by atoms with Crippen LogP contribution in [0.4, 0.5) is 0 Å². The zero-order valence-corrected chi connectivity index (χ0v) is 7.01. The van der Waals surface area contributed by atoms with E-state index in [4.69, 9.17) is 0 Å². The molecule has 0 spiro atoms. The van der Waals surface area contributed by atoms with Crippen molar-refractivity contribution < 1.29 is 0 Å². The summed E-state index contributed by atoms with van der Waals surface area (Å²) >= 11 is 0. The van der Waals surface area contributed by atoms with Gasteiger partial charge in [-0.25, -0.2) is 0 Å². The highest BCUT2D eigenvalue weighted by Gasteiger charge is 2.35. The Labute approximate surface area is 63.4 Å². The molecular formula is C9H17N. The molecule has 0 N–H and O–H groups in total. The maximum Gasteiger partial charge on any atom is 0.00950 e. The first-order valence-corrected chi connectivity index (χ1v) is 4.47. The third kappa shape index (κ3) is 0.878. The molecule has 2 heterocycles. The molecule has 0 aromatic rings. The van der Waals surface area contributed by atoms with E-state index in [-0.39, 0.29) is 0 Å². The van der Waals surface area contributed by atoms with E-state index in [9.17, 15) is 0 Å². The Morgan fingerprint density at radius 1 is 1.30 bits per heavy atom. The van der Waals surface area contributed by atoms with E-state index in [0.29, 0.717) is 0 Å². The molecule has 10 heavy (non-hydrogen) atoms. The average molecular weight is 139 g/mol. The van der Waals surface area contributed by atoms with E-state index in [1.807, 2.05) is 0 Å². The van der Waals surface area contributed by atoms with Crippen LogP contribution in [-0.2, 0) is 0 Å². The molecule has 58 valence electrons. The predicted molar refractivity (Wildman–Crippen MR) is 42.9 cm³/mol. The lowest BCUT2D eigenvalue weighted by molar-refractivity contribution is 0.0310. The van der Waals surface area contributed by atoms with Gasteiger partial charge in [-0.3, -0.25) is 0 Å². The van der Waals surface area contributed by atoms with Gasteiger partial charge in [-0.05, 0) is 38.1 Å². The third-order valence-electron chi connectivity index (χ3n) is 3.47. The molecule has 2 aliphatic heterocycles. The number of piperidine rings is 2. The summed E-state index contributed by atoms with van der Waals surface area (Å²) in [6.45, 7) is 3.79. The van der Waals surface area contributed by atoms with Crippen LogP contribution in [0.5, 0.6) is 0 Å². The maximum atomic E-state index is 2.55. The monoisotopic (exact) mass is 139 g/mol. The van der Waals surface area contributed by atoms with E-state index in [0.717, 1.165) is 17.9 Å². The molecule has 0 unspecified atom stereocenters. The van der Waals surface area contributed by atoms with Crippen LogP contribution < -0.4 is 0 Å². The zero-order chi connectivity index (χ0) is 7.14. The Kier molecular flexibility index (Phi) is 1.48. The largest absolute Gasteiger partial charge is 0.303 e. The molecule has 3 fully saturated rings. The van der Waals surface area contributed by atoms with Gasteiger partial charge in [0, 0.05) is 12.6 Å². The average Bonchev–Trinajstić information content (AvgIpc) is 1.91. The molecule has 2 saturated heterocycles. The Balaban J connectivity index is 2.09. The van der Waals surface area contributed by atoms with Crippen molar-refractivity contribution in [3.05, 3.63) is 0 Å². The molecule has 3 aliphatic rings. The van der Waals surface area contributed by atoms with Crippen LogP contribution in [0.15, 0.2) is 0 Å². The number of rotatable bonds is 0. The summed E-state index contributed by atoms with van der Waals surface area (Å²) in [7, 11) is 2.28. The second kappa shape index (κ2) is 2.23. The zero-order valence-electron chi connectivity index (χ0n) is 7.01. The maximum absolute atomic E-state index is 2.55. The molecule has 2 bridgehead atoms. The summed E-state index contributed by atoms with van der Waals surface area (Å²) in [5.41, 5.74) is 0. The molecule has 0 radical (unpaired) electrons. The van der Waals surface area contributed by atoms with Crippen LogP contribution in [0.3, 0.4) is 0 Å². The standard InChI is InChI=1S/C9H17N/c1-7-5-9-4-3-8(7)6-10(9)2/h7-9H,3-6H2,1-2H3/t7-,8-,9-/m0/s1. The van der Waals surface area contributed by atoms with E-state index < -0.39 is 0 Å². The van der Waals surface area contributed by atoms with E-state index in [1.54, 1.807) is 0 Å². The minimum atomic E-state index is 0.931. The highest BCUT2D eigenvalue weighted by atomic mass is 15.1. The Hall–Kier alpha value is -0.0400. The number of nitrogens with zero attached hydrogens (tertiary/aromatic N) is 1. The Morgan fingerprint density at radius 3 is 2.40 bits per heavy atom. The van der Waals surface area contributed by atoms with Gasteiger partial charge in [0.2, 0.25) is 0 Å². The SMILES string of the molecule is C[C@H]1C[C@@H]2CC[C@H]1CN2C. The summed E-state index contributed by atoms with van der Waals surface area (Å²) in [6.07, 6.45) is 4.42. The lowest BCUT2D eigenvalue weighted by Crippen LogP contribution is -2.49. The van der Waals surface area contributed by atoms with Crippen molar-refractivity contribution in [1.29, 1.82) is 0 Å². The minimum absolute atomic E-state index is 0.931. The lowest BCUT2D eigenvalue weighted by Gasteiger charge is -2.47. The molecule has 0 aromatic carbocycles. The molecule has 3 atom stereocenters. The lowest BCUT2D eigenvalue weighted by atomic mass is 9.73. The highest BCUT2D eigenvalue weighted by Crippen LogP contribution is 2.37. The first kappa shape index (κ1) is 6.66. The van der Waals surface area contributed by atoms with Crippen LogP contribution in [0, 0.1) is 11.8 Å². The van der Waals surface area contributed by atoms with Gasteiger partial charge < -0.3 is 4.90 Å². The van der Waals surface area contributed by atoms with Gasteiger partial charge in [-0.1, -0.05) is 6.92 Å². The molecule has 1 heteroatoms. The van der Waals surface area contributed by atoms with E-state index in [2.05, 4.69) is 18.9 Å². The van der Waals surface area contributed by atoms with Crippen molar-refractivity contribution in [2.45, 2.75) is 32.2 Å². The summed E-state index contributed by atoms with van der Waals surface area (Å²) < 4.78 is 0. The summed E-state index contributed by atoms with van der Waals surface area (Å²) in [6, 6.07) is 0.931. The Bertz CT molecular complexity index is 117. The third-order valence-corrected chi connectivity index (χ3v) is 3.47. The first-order chi connectivity index (χ1) is 4.77. The van der Waals surface area contributed by atoms with E-state index >= 15 is 0 Å². The fraction of sp³-hybridized carbons (Fsp3) is 1.00. The summed E-state index contributed by atoms with van der Waals surface area (Å²) in [5, 5.41) is 0. The number of hydrogen-bond acceptors (Lipinski definition) is 1. The van der Waals surface area contributed by atoms with Crippen molar-refractivity contribution in [2.24, 2.45) is 11.8 Å². The molecule has 3 rings (SSSR count). The topological polar surface area (TPSA) is 3.24 Å². The van der Waals surface area contributed by atoms with Crippen LogP contribution in [-0.4, -0.2) is 24.5 Å². The van der Waals surface area contributed by atoms with Crippen molar-refractivity contribution >= 4 is 0 Å². The van der Waals surface area contributed by atoms with Gasteiger partial charge in [0.15, 0.2) is 0 Å². The Morgan fingerprint density at radius 2 is 2.10 bits per heavy atom. The van der Waals surface area contributed by atoms with Gasteiger partial charge in [-0.2, -0.15) is 0 Å². The molecule has 1 nitrogen and oxygen atoms in total. The van der Waals surface area contributed by atoms with Gasteiger partial charge in [0.25, 0.3) is 0 Å². The van der Waals surface area contributed by atoms with Gasteiger partial charge in [0.05, 0.1) is 0 Å². The molecule has 1 saturated carbocycles. The number of fused-ring (bicyclic) bond motifs is 3. The van der Waals surface area contributed by atoms with Crippen molar-refractivity contribution in [1.82, 2.24) is 4.90 Å². The normalized spacial score (nSPS) is 48.0. The molecule has 0 aromatic heterocycles. The van der Waals surface area contributed by atoms with Crippen LogP contribution in [0.2, 0.25) is 0 Å². The predicted octanol–water partition coefficient (Wildman–Crippen LogP) is 1.74. The number of hydrogen-bond donors (Lipinski definition) is 0. The van der Waals surface area contributed by atoms with Crippen molar-refractivity contribution in [3.8, 4) is 0 Å². The fourth-order valence-electron chi connectivity index (χ4n) is 2.62. The summed E-state index contributed by atoms with van der Waals surface area (Å²) in [5.74, 6) is 2.03. The van der Waals surface area contributed by atoms with Crippen LogP contribution >= 0.6 is 0 Å². The minimum Gasteiger partial charge on any atom is -0.303 e. The first-order valence-electron chi connectivity index (χ1n) is 4.47. The van der Waals surface area contributed by atoms with Gasteiger partial charge >= 0.3 is 0 Å². The smallest absolute Gasteiger partial charge is 0.00950 e. The van der Waals surface area contributed by atoms with E-state index in [1.165, 1.54) is 25.8 Å². The second-order valence-corrected chi connectivity index (χ2v) is 4.14. The van der Waals surface area contributed by atoms with Crippen LogP contribution in [0.1, 0.15) is 26.2 Å². The second-order valence-electron chi connectivity index (χ2n) is 4.14. The van der Waals surface area contributed by atoms with Gasteiger partial charge in [0.1, 0.15) is 0 Å². The van der Waals surface area contributed by atoms with Gasteiger partial charge in [-0.15, -0.1) is 0 Å². The highest BCUT2D eigenvalue weighted by molar-refractivity contribution is 4.89. The fourth-order valence-corrected chi connectivity index (χ4v) is 2.62. The summed E-state index contributed by atoms with van der Waals surface area (Å²) in [4.78, 5) is 2.55. The quantitative estimate of drug-likeness (QED) is 0.494. The molecule has 1 aliphatic carbocycles. The van der Waals surface area contributed by atoms with Crippen LogP contribution in [0.25, 0.3) is 0 Å². The molecule has 0 amide bonds. The van der Waals surface area contributed by atoms with Crippen molar-refractivity contribution in [3.63, 3.8) is 0 Å². The van der Waals surface area contributed by atoms with Crippen molar-refractivity contribution in [2.75, 3.05) is 13.6 Å². The molecular weight excluding hydrogens is 122 g/mol.